The van der Waals surface area contributed by atoms with E-state index >= 15 is 0 Å². The summed E-state index contributed by atoms with van der Waals surface area (Å²) in [6.07, 6.45) is -5.21. The fourth-order valence-corrected chi connectivity index (χ4v) is 3.85. The molecule has 0 heterocycles. The first-order valence-electron chi connectivity index (χ1n) is 7.60. The fourth-order valence-electron chi connectivity index (χ4n) is 2.10. The van der Waals surface area contributed by atoms with E-state index in [0.717, 1.165) is 18.2 Å². The van der Waals surface area contributed by atoms with Gasteiger partial charge in [0.1, 0.15) is 10.6 Å². The molecule has 28 heavy (non-hydrogen) atoms. The van der Waals surface area contributed by atoms with Crippen LogP contribution in [0.2, 0.25) is 5.02 Å². The summed E-state index contributed by atoms with van der Waals surface area (Å²) in [5.74, 6) is -1.67. The molecule has 11 heteroatoms. The highest BCUT2D eigenvalue weighted by Crippen LogP contribution is 2.34. The standard InChI is InChI=1S/C17H15ClF3NO5S/c1-16(24,17(19,20)21)15(23)22-12-8-7-10(9-11(12)18)28(25,26)14-6-4-3-5-13(14)27-2/h3-9,24H,1-2H3,(H,22,23). The van der Waals surface area contributed by atoms with Crippen molar-refractivity contribution in [1.29, 1.82) is 0 Å². The van der Waals surface area contributed by atoms with Gasteiger partial charge in [0, 0.05) is 0 Å². The van der Waals surface area contributed by atoms with Crippen LogP contribution in [-0.4, -0.2) is 38.3 Å². The molecule has 1 unspecified atom stereocenters. The molecule has 2 rings (SSSR count). The number of aliphatic hydroxyl groups is 1. The molecular formula is C17H15ClF3NO5S. The monoisotopic (exact) mass is 437 g/mol. The summed E-state index contributed by atoms with van der Waals surface area (Å²) in [5.41, 5.74) is -3.95. The van der Waals surface area contributed by atoms with Gasteiger partial charge in [0.2, 0.25) is 15.4 Å². The molecule has 2 aromatic carbocycles. The van der Waals surface area contributed by atoms with E-state index in [1.54, 1.807) is 6.07 Å². The minimum Gasteiger partial charge on any atom is -0.495 e. The molecule has 0 aliphatic carbocycles. The molecule has 0 aliphatic heterocycles. The van der Waals surface area contributed by atoms with Crippen molar-refractivity contribution in [1.82, 2.24) is 0 Å². The first kappa shape index (κ1) is 22.0. The number of hydrogen-bond acceptors (Lipinski definition) is 5. The predicted molar refractivity (Wildman–Crippen MR) is 95.2 cm³/mol. The molecule has 0 saturated heterocycles. The molecule has 0 aromatic heterocycles. The molecule has 0 radical (unpaired) electrons. The number of halogens is 4. The second kappa shape index (κ2) is 7.61. The number of para-hydroxylation sites is 1. The van der Waals surface area contributed by atoms with Crippen molar-refractivity contribution in [3.8, 4) is 5.75 Å². The molecule has 1 amide bonds. The quantitative estimate of drug-likeness (QED) is 0.747. The maximum Gasteiger partial charge on any atom is 0.426 e. The van der Waals surface area contributed by atoms with E-state index in [0.29, 0.717) is 0 Å². The lowest BCUT2D eigenvalue weighted by atomic mass is 10.1. The van der Waals surface area contributed by atoms with Gasteiger partial charge in [0.05, 0.1) is 22.7 Å². The molecule has 6 nitrogen and oxygen atoms in total. The van der Waals surface area contributed by atoms with Gasteiger partial charge < -0.3 is 15.2 Å². The topological polar surface area (TPSA) is 92.7 Å². The van der Waals surface area contributed by atoms with E-state index in [9.17, 15) is 31.5 Å². The zero-order chi connectivity index (χ0) is 21.3. The number of carbonyl (C=O) groups is 1. The van der Waals surface area contributed by atoms with Gasteiger partial charge in [-0.25, -0.2) is 8.42 Å². The van der Waals surface area contributed by atoms with Gasteiger partial charge in [-0.1, -0.05) is 23.7 Å². The van der Waals surface area contributed by atoms with Crippen LogP contribution in [0.1, 0.15) is 6.92 Å². The lowest BCUT2D eigenvalue weighted by molar-refractivity contribution is -0.242. The Hall–Kier alpha value is -2.30. The summed E-state index contributed by atoms with van der Waals surface area (Å²) >= 11 is 5.93. The molecule has 0 fully saturated rings. The van der Waals surface area contributed by atoms with E-state index in [2.05, 4.69) is 0 Å². The van der Waals surface area contributed by atoms with Gasteiger partial charge in [0.25, 0.3) is 5.91 Å². The average molecular weight is 438 g/mol. The van der Waals surface area contributed by atoms with Crippen LogP contribution in [-0.2, 0) is 14.6 Å². The van der Waals surface area contributed by atoms with Crippen LogP contribution in [0.5, 0.6) is 5.75 Å². The van der Waals surface area contributed by atoms with Crippen molar-refractivity contribution in [2.24, 2.45) is 0 Å². The van der Waals surface area contributed by atoms with Gasteiger partial charge >= 0.3 is 6.18 Å². The Morgan fingerprint density at radius 1 is 1.18 bits per heavy atom. The van der Waals surface area contributed by atoms with Crippen LogP contribution in [0.3, 0.4) is 0 Å². The Kier molecular flexibility index (Phi) is 5.98. The maximum atomic E-state index is 12.8. The van der Waals surface area contributed by atoms with E-state index in [1.165, 1.54) is 25.3 Å². The Morgan fingerprint density at radius 2 is 1.79 bits per heavy atom. The van der Waals surface area contributed by atoms with Crippen LogP contribution >= 0.6 is 11.6 Å². The molecule has 0 bridgehead atoms. The van der Waals surface area contributed by atoms with Crippen LogP contribution in [0.4, 0.5) is 18.9 Å². The third kappa shape index (κ3) is 4.08. The third-order valence-electron chi connectivity index (χ3n) is 3.85. The van der Waals surface area contributed by atoms with Crippen molar-refractivity contribution >= 4 is 33.0 Å². The van der Waals surface area contributed by atoms with E-state index in [-0.39, 0.29) is 33.2 Å². The maximum absolute atomic E-state index is 12.8. The van der Waals surface area contributed by atoms with Crippen molar-refractivity contribution in [2.75, 3.05) is 12.4 Å². The summed E-state index contributed by atoms with van der Waals surface area (Å²) in [6, 6.07) is 8.89. The summed E-state index contributed by atoms with van der Waals surface area (Å²) < 4.78 is 68.8. The molecule has 2 aromatic rings. The minimum atomic E-state index is -5.21. The van der Waals surface area contributed by atoms with Crippen molar-refractivity contribution in [3.05, 3.63) is 47.5 Å². The van der Waals surface area contributed by atoms with Crippen molar-refractivity contribution in [2.45, 2.75) is 28.5 Å². The zero-order valence-electron chi connectivity index (χ0n) is 14.5. The Morgan fingerprint density at radius 3 is 2.32 bits per heavy atom. The number of amides is 1. The second-order valence-corrected chi connectivity index (χ2v) is 8.15. The first-order chi connectivity index (χ1) is 12.8. The third-order valence-corrected chi connectivity index (χ3v) is 5.96. The number of nitrogens with one attached hydrogen (secondary N) is 1. The Bertz CT molecular complexity index is 1010. The minimum absolute atomic E-state index is 0.0947. The highest BCUT2D eigenvalue weighted by molar-refractivity contribution is 7.91. The zero-order valence-corrected chi connectivity index (χ0v) is 16.1. The van der Waals surface area contributed by atoms with Gasteiger partial charge in [0.15, 0.2) is 0 Å². The largest absolute Gasteiger partial charge is 0.495 e. The molecule has 1 atom stereocenters. The number of alkyl halides is 3. The number of ether oxygens (including phenoxy) is 1. The van der Waals surface area contributed by atoms with Gasteiger partial charge in [-0.3, -0.25) is 4.79 Å². The van der Waals surface area contributed by atoms with E-state index < -0.39 is 27.5 Å². The van der Waals surface area contributed by atoms with E-state index in [1.807, 2.05) is 5.32 Å². The second-order valence-electron chi connectivity index (χ2n) is 5.82. The number of methoxy groups -OCH3 is 1. The molecule has 0 spiro atoms. The Labute approximate surface area is 163 Å². The van der Waals surface area contributed by atoms with Gasteiger partial charge in [-0.05, 0) is 37.3 Å². The van der Waals surface area contributed by atoms with Gasteiger partial charge in [-0.15, -0.1) is 0 Å². The summed E-state index contributed by atoms with van der Waals surface area (Å²) in [7, 11) is -2.75. The number of benzene rings is 2. The lowest BCUT2D eigenvalue weighted by Crippen LogP contribution is -2.52. The highest BCUT2D eigenvalue weighted by atomic mass is 35.5. The normalized spacial score (nSPS) is 14.2. The number of hydrogen-bond donors (Lipinski definition) is 2. The molecule has 0 aliphatic rings. The number of sulfone groups is 1. The Balaban J connectivity index is 2.38. The summed E-state index contributed by atoms with van der Waals surface area (Å²) in [4.78, 5) is 11.3. The number of rotatable bonds is 5. The summed E-state index contributed by atoms with van der Waals surface area (Å²) in [6.45, 7) is 0.288. The van der Waals surface area contributed by atoms with Crippen LogP contribution < -0.4 is 10.1 Å². The molecular weight excluding hydrogens is 423 g/mol. The van der Waals surface area contributed by atoms with Crippen molar-refractivity contribution in [3.63, 3.8) is 0 Å². The predicted octanol–water partition coefficient (Wildman–Crippen LogP) is 3.43. The van der Waals surface area contributed by atoms with E-state index in [4.69, 9.17) is 16.3 Å². The van der Waals surface area contributed by atoms with Crippen molar-refractivity contribution < 1.29 is 36.2 Å². The van der Waals surface area contributed by atoms with Crippen LogP contribution in [0.15, 0.2) is 52.3 Å². The highest BCUT2D eigenvalue weighted by Gasteiger charge is 2.55. The SMILES string of the molecule is COc1ccccc1S(=O)(=O)c1ccc(NC(=O)C(C)(O)C(F)(F)F)c(Cl)c1. The number of anilines is 1. The first-order valence-corrected chi connectivity index (χ1v) is 9.46. The van der Waals surface area contributed by atoms with Crippen LogP contribution in [0, 0.1) is 0 Å². The molecule has 2 N–H and O–H groups in total. The fraction of sp³-hybridized carbons (Fsp3) is 0.235. The number of carbonyl (C=O) groups excluding carboxylic acids is 1. The van der Waals surface area contributed by atoms with Crippen LogP contribution in [0.25, 0.3) is 0 Å². The molecule has 0 saturated carbocycles. The lowest BCUT2D eigenvalue weighted by Gasteiger charge is -2.25. The smallest absolute Gasteiger partial charge is 0.426 e. The molecule has 152 valence electrons. The summed E-state index contributed by atoms with van der Waals surface area (Å²) in [5, 5.41) is 10.9. The average Bonchev–Trinajstić information content (AvgIpc) is 2.62. The van der Waals surface area contributed by atoms with Gasteiger partial charge in [-0.2, -0.15) is 13.2 Å².